The molecular weight excluding hydrogens is 765 g/mol. The van der Waals surface area contributed by atoms with Crippen LogP contribution >= 0.6 is 0 Å². The van der Waals surface area contributed by atoms with Crippen molar-refractivity contribution in [3.05, 3.63) is 30.6 Å². The molecule has 0 bridgehead atoms. The Kier molecular flexibility index (Phi) is 12.2. The SMILES string of the molecule is C=CC1CC1(NC(=O)[C@@H]1C[C@@H](Oc2nc(C(F)(F)F)nc3cc(OC)c(OC)cc23)CN1C(=O)[C@@H](NC(=O)OC(C)(C)C)C(C)(C)C)C(=O)NS(=O)(=O)C(C)C. The van der Waals surface area contributed by atoms with Crippen molar-refractivity contribution in [3.8, 4) is 17.4 Å². The fraction of sp³-hybridized carbons (Fsp3) is 0.611. The molecule has 1 saturated heterocycles. The Morgan fingerprint density at radius 1 is 1.02 bits per heavy atom. The van der Waals surface area contributed by atoms with Crippen LogP contribution in [0, 0.1) is 11.3 Å². The predicted octanol–water partition coefficient (Wildman–Crippen LogP) is 3.87. The lowest BCUT2D eigenvalue weighted by molar-refractivity contribution is -0.145. The van der Waals surface area contributed by atoms with E-state index in [1.165, 1.54) is 46.3 Å². The third-order valence-corrected chi connectivity index (χ3v) is 10.9. The Hall–Kier alpha value is -4.88. The number of carbonyl (C=O) groups is 4. The van der Waals surface area contributed by atoms with Crippen LogP contribution < -0.4 is 29.6 Å². The van der Waals surface area contributed by atoms with E-state index in [2.05, 4.69) is 27.2 Å². The van der Waals surface area contributed by atoms with Crippen LogP contribution in [0.4, 0.5) is 18.0 Å². The van der Waals surface area contributed by atoms with Crippen molar-refractivity contribution in [1.29, 1.82) is 0 Å². The number of nitrogens with one attached hydrogen (secondary N) is 3. The number of amides is 4. The molecule has 0 radical (unpaired) electrons. The van der Waals surface area contributed by atoms with Gasteiger partial charge in [-0.05, 0) is 52.5 Å². The topological polar surface area (TPSA) is 204 Å². The van der Waals surface area contributed by atoms with Crippen molar-refractivity contribution < 1.29 is 59.7 Å². The minimum Gasteiger partial charge on any atom is -0.493 e. The molecule has 1 aromatic heterocycles. The Balaban J connectivity index is 1.78. The van der Waals surface area contributed by atoms with Gasteiger partial charge in [-0.25, -0.2) is 18.2 Å². The highest BCUT2D eigenvalue weighted by molar-refractivity contribution is 7.90. The van der Waals surface area contributed by atoms with Gasteiger partial charge in [-0.1, -0.05) is 26.8 Å². The van der Waals surface area contributed by atoms with Gasteiger partial charge in [0.05, 0.1) is 36.9 Å². The molecule has 4 amide bonds. The number of sulfonamides is 1. The van der Waals surface area contributed by atoms with E-state index in [4.69, 9.17) is 18.9 Å². The average molecular weight is 815 g/mol. The summed E-state index contributed by atoms with van der Waals surface area (Å²) in [7, 11) is -1.51. The molecular formula is C36H49F3N6O10S. The van der Waals surface area contributed by atoms with Gasteiger partial charge in [0.25, 0.3) is 5.91 Å². The molecule has 2 aromatic rings. The largest absolute Gasteiger partial charge is 0.493 e. The van der Waals surface area contributed by atoms with Crippen molar-refractivity contribution in [1.82, 2.24) is 30.2 Å². The zero-order valence-corrected chi connectivity index (χ0v) is 33.7. The highest BCUT2D eigenvalue weighted by Gasteiger charge is 2.61. The molecule has 20 heteroatoms. The fourth-order valence-electron chi connectivity index (χ4n) is 6.09. The first-order chi connectivity index (χ1) is 25.7. The summed E-state index contributed by atoms with van der Waals surface area (Å²) < 4.78 is 91.5. The Morgan fingerprint density at radius 2 is 1.62 bits per heavy atom. The number of alkyl carbamates (subject to hydrolysis) is 1. The molecule has 310 valence electrons. The van der Waals surface area contributed by atoms with E-state index in [9.17, 15) is 40.8 Å². The third kappa shape index (κ3) is 9.55. The molecule has 2 fully saturated rings. The lowest BCUT2D eigenvalue weighted by atomic mass is 9.85. The maximum absolute atomic E-state index is 14.5. The standard InChI is InChI=1S/C36H49F3N6O10S/c1-12-19-16-35(19,31(48)44-56(50,51)18(2)3)43-27(46)23-13-20(17-45(23)29(47)26(33(4,5)6)41-32(49)55-34(7,8)9)54-28-21-14-24(52-10)25(53-11)15-22(21)40-30(42-28)36(37,38)39/h12,14-15,18-20,23,26H,1,13,16-17H2,2-11H3,(H,41,49)(H,43,46)(H,44,48)/t19?,20-,23+,26-,35?/m1/s1. The quantitative estimate of drug-likeness (QED) is 0.262. The number of likely N-dealkylation sites (tertiary alicyclic amines) is 1. The van der Waals surface area contributed by atoms with Gasteiger partial charge in [0.1, 0.15) is 29.3 Å². The van der Waals surface area contributed by atoms with E-state index >= 15 is 0 Å². The second-order valence-electron chi connectivity index (χ2n) is 16.0. The van der Waals surface area contributed by atoms with E-state index in [-0.39, 0.29) is 35.2 Å². The normalized spacial score (nSPS) is 21.9. The minimum absolute atomic E-state index is 0.00520. The van der Waals surface area contributed by atoms with Crippen LogP contribution in [0.15, 0.2) is 24.8 Å². The number of carbonyl (C=O) groups excluding carboxylic acids is 4. The smallest absolute Gasteiger partial charge is 0.451 e. The summed E-state index contributed by atoms with van der Waals surface area (Å²) in [4.78, 5) is 63.6. The molecule has 1 aliphatic heterocycles. The summed E-state index contributed by atoms with van der Waals surface area (Å²) in [5, 5.41) is 4.21. The molecule has 1 aliphatic carbocycles. The third-order valence-electron chi connectivity index (χ3n) is 9.23. The maximum atomic E-state index is 14.5. The number of hydrogen-bond acceptors (Lipinski definition) is 12. The highest BCUT2D eigenvalue weighted by atomic mass is 32.2. The molecule has 4 rings (SSSR count). The minimum atomic E-state index is -5.00. The number of rotatable bonds is 12. The molecule has 56 heavy (non-hydrogen) atoms. The summed E-state index contributed by atoms with van der Waals surface area (Å²) in [6, 6.07) is -0.220. The zero-order chi connectivity index (χ0) is 42.3. The van der Waals surface area contributed by atoms with Crippen LogP contribution in [-0.2, 0) is 35.3 Å². The second-order valence-corrected chi connectivity index (χ2v) is 18.3. The van der Waals surface area contributed by atoms with Crippen LogP contribution in [0.3, 0.4) is 0 Å². The fourth-order valence-corrected chi connectivity index (χ4v) is 6.77. The van der Waals surface area contributed by atoms with E-state index < -0.39 is 104 Å². The summed E-state index contributed by atoms with van der Waals surface area (Å²) in [6.07, 6.45) is -6.08. The van der Waals surface area contributed by atoms with Crippen LogP contribution in [0.1, 0.15) is 74.1 Å². The van der Waals surface area contributed by atoms with Crippen LogP contribution in [-0.4, -0.2) is 102 Å². The number of ether oxygens (including phenoxy) is 4. The Morgan fingerprint density at radius 3 is 2.12 bits per heavy atom. The Bertz CT molecular complexity index is 2000. The average Bonchev–Trinajstić information content (AvgIpc) is 3.63. The zero-order valence-electron chi connectivity index (χ0n) is 32.9. The van der Waals surface area contributed by atoms with Crippen LogP contribution in [0.5, 0.6) is 17.4 Å². The molecule has 0 spiro atoms. The Labute approximate surface area is 323 Å². The van der Waals surface area contributed by atoms with Gasteiger partial charge in [0, 0.05) is 18.4 Å². The van der Waals surface area contributed by atoms with E-state index in [1.807, 2.05) is 4.72 Å². The molecule has 16 nitrogen and oxygen atoms in total. The molecule has 2 aliphatic rings. The molecule has 5 atom stereocenters. The summed E-state index contributed by atoms with van der Waals surface area (Å²) in [6.45, 7) is 15.9. The first-order valence-corrected chi connectivity index (χ1v) is 19.2. The van der Waals surface area contributed by atoms with Crippen molar-refractivity contribution in [2.45, 2.75) is 109 Å². The number of halogens is 3. The number of alkyl halides is 3. The van der Waals surface area contributed by atoms with Crippen molar-refractivity contribution in [2.24, 2.45) is 11.3 Å². The van der Waals surface area contributed by atoms with E-state index in [0.717, 1.165) is 4.90 Å². The first-order valence-electron chi connectivity index (χ1n) is 17.7. The van der Waals surface area contributed by atoms with E-state index in [1.54, 1.807) is 41.5 Å². The van der Waals surface area contributed by atoms with Crippen LogP contribution in [0.2, 0.25) is 0 Å². The van der Waals surface area contributed by atoms with Gasteiger partial charge in [-0.2, -0.15) is 18.2 Å². The van der Waals surface area contributed by atoms with Crippen molar-refractivity contribution >= 4 is 44.7 Å². The van der Waals surface area contributed by atoms with Crippen molar-refractivity contribution in [2.75, 3.05) is 20.8 Å². The summed E-state index contributed by atoms with van der Waals surface area (Å²) in [5.41, 5.74) is -3.86. The van der Waals surface area contributed by atoms with Gasteiger partial charge in [0.2, 0.25) is 33.5 Å². The molecule has 1 aromatic carbocycles. The highest BCUT2D eigenvalue weighted by Crippen LogP contribution is 2.45. The summed E-state index contributed by atoms with van der Waals surface area (Å²) >= 11 is 0. The van der Waals surface area contributed by atoms with Gasteiger partial charge < -0.3 is 34.5 Å². The van der Waals surface area contributed by atoms with E-state index in [0.29, 0.717) is 0 Å². The number of nitrogens with zero attached hydrogens (tertiary/aromatic N) is 3. The molecule has 1 saturated carbocycles. The number of hydrogen-bond donors (Lipinski definition) is 3. The van der Waals surface area contributed by atoms with Crippen LogP contribution in [0.25, 0.3) is 10.9 Å². The number of methoxy groups -OCH3 is 2. The molecule has 2 heterocycles. The number of benzene rings is 1. The lowest BCUT2D eigenvalue weighted by Crippen LogP contribution is -2.60. The second kappa shape index (κ2) is 15.6. The molecule has 3 N–H and O–H groups in total. The maximum Gasteiger partial charge on any atom is 0.451 e. The van der Waals surface area contributed by atoms with Gasteiger partial charge in [-0.3, -0.25) is 19.1 Å². The lowest BCUT2D eigenvalue weighted by Gasteiger charge is -2.36. The van der Waals surface area contributed by atoms with Gasteiger partial charge in [-0.15, -0.1) is 6.58 Å². The van der Waals surface area contributed by atoms with Crippen molar-refractivity contribution in [3.63, 3.8) is 0 Å². The van der Waals surface area contributed by atoms with Gasteiger partial charge in [0.15, 0.2) is 11.5 Å². The summed E-state index contributed by atoms with van der Waals surface area (Å²) in [5.74, 6) is -5.23. The predicted molar refractivity (Wildman–Crippen MR) is 196 cm³/mol. The van der Waals surface area contributed by atoms with Gasteiger partial charge >= 0.3 is 12.3 Å². The monoisotopic (exact) mass is 814 g/mol. The molecule has 2 unspecified atom stereocenters. The first kappa shape index (κ1) is 43.8. The number of aromatic nitrogens is 2. The number of fused-ring (bicyclic) bond motifs is 1.